The second-order valence-electron chi connectivity index (χ2n) is 4.86. The van der Waals surface area contributed by atoms with Crippen molar-refractivity contribution in [2.45, 2.75) is 47.1 Å². The molecule has 1 aromatic heterocycles. The molecular formula is C15H27N3. The average Bonchev–Trinajstić information content (AvgIpc) is 2.40. The van der Waals surface area contributed by atoms with Crippen LogP contribution in [0.25, 0.3) is 0 Å². The van der Waals surface area contributed by atoms with E-state index in [-0.39, 0.29) is 0 Å². The van der Waals surface area contributed by atoms with Crippen LogP contribution in [0, 0.1) is 12.8 Å². The van der Waals surface area contributed by atoms with Crippen LogP contribution < -0.4 is 10.6 Å². The van der Waals surface area contributed by atoms with Gasteiger partial charge >= 0.3 is 0 Å². The first-order chi connectivity index (χ1) is 8.67. The molecule has 1 heterocycles. The molecule has 3 nitrogen and oxygen atoms in total. The maximum absolute atomic E-state index is 5.87. The highest BCUT2D eigenvalue weighted by molar-refractivity contribution is 5.50. The van der Waals surface area contributed by atoms with Gasteiger partial charge in [0.2, 0.25) is 0 Å². The van der Waals surface area contributed by atoms with Crippen molar-refractivity contribution in [2.24, 2.45) is 11.7 Å². The zero-order chi connectivity index (χ0) is 13.5. The summed E-state index contributed by atoms with van der Waals surface area (Å²) in [5.41, 5.74) is 8.30. The second-order valence-corrected chi connectivity index (χ2v) is 4.86. The van der Waals surface area contributed by atoms with Crippen LogP contribution in [-0.4, -0.2) is 18.1 Å². The van der Waals surface area contributed by atoms with E-state index in [0.29, 0.717) is 6.54 Å². The maximum atomic E-state index is 5.87. The Morgan fingerprint density at radius 1 is 1.28 bits per heavy atom. The first-order valence-corrected chi connectivity index (χ1v) is 7.07. The van der Waals surface area contributed by atoms with Gasteiger partial charge in [-0.05, 0) is 31.4 Å². The summed E-state index contributed by atoms with van der Waals surface area (Å²) in [5, 5.41) is 0. The monoisotopic (exact) mass is 249 g/mol. The molecule has 0 bridgehead atoms. The third-order valence-electron chi connectivity index (χ3n) is 3.79. The summed E-state index contributed by atoms with van der Waals surface area (Å²) >= 11 is 0. The van der Waals surface area contributed by atoms with Crippen molar-refractivity contribution in [3.05, 3.63) is 23.4 Å². The van der Waals surface area contributed by atoms with Gasteiger partial charge in [0.1, 0.15) is 5.82 Å². The van der Waals surface area contributed by atoms with E-state index in [1.807, 2.05) is 12.3 Å². The summed E-state index contributed by atoms with van der Waals surface area (Å²) in [4.78, 5) is 6.92. The Labute approximate surface area is 111 Å². The molecule has 1 rings (SSSR count). The molecule has 0 radical (unpaired) electrons. The largest absolute Gasteiger partial charge is 0.356 e. The van der Waals surface area contributed by atoms with E-state index >= 15 is 0 Å². The van der Waals surface area contributed by atoms with Gasteiger partial charge in [-0.3, -0.25) is 0 Å². The van der Waals surface area contributed by atoms with E-state index in [2.05, 4.69) is 37.6 Å². The molecular weight excluding hydrogens is 222 g/mol. The van der Waals surface area contributed by atoms with E-state index in [9.17, 15) is 0 Å². The number of pyridine rings is 1. The van der Waals surface area contributed by atoms with Gasteiger partial charge in [-0.1, -0.05) is 26.7 Å². The molecule has 0 spiro atoms. The predicted octanol–water partition coefficient (Wildman–Crippen LogP) is 3.11. The Balaban J connectivity index is 2.97. The Morgan fingerprint density at radius 3 is 2.44 bits per heavy atom. The molecule has 0 aliphatic rings. The number of aromatic nitrogens is 1. The fourth-order valence-electron chi connectivity index (χ4n) is 2.32. The van der Waals surface area contributed by atoms with Crippen molar-refractivity contribution in [2.75, 3.05) is 18.0 Å². The molecule has 0 aliphatic carbocycles. The molecule has 0 saturated heterocycles. The van der Waals surface area contributed by atoms with Gasteiger partial charge in [0, 0.05) is 31.4 Å². The third kappa shape index (κ3) is 3.45. The molecule has 3 heteroatoms. The van der Waals surface area contributed by atoms with Gasteiger partial charge in [0.15, 0.2) is 0 Å². The summed E-state index contributed by atoms with van der Waals surface area (Å²) in [6.45, 7) is 11.4. The zero-order valence-corrected chi connectivity index (χ0v) is 12.2. The van der Waals surface area contributed by atoms with Crippen LogP contribution in [0.1, 0.15) is 44.7 Å². The van der Waals surface area contributed by atoms with Gasteiger partial charge in [0.05, 0.1) is 0 Å². The number of hydrogen-bond acceptors (Lipinski definition) is 3. The molecule has 0 aromatic carbocycles. The van der Waals surface area contributed by atoms with Crippen molar-refractivity contribution in [1.29, 1.82) is 0 Å². The Morgan fingerprint density at radius 2 is 1.94 bits per heavy atom. The first-order valence-electron chi connectivity index (χ1n) is 7.07. The summed E-state index contributed by atoms with van der Waals surface area (Å²) in [5.74, 6) is 1.81. The average molecular weight is 249 g/mol. The maximum Gasteiger partial charge on any atom is 0.133 e. The SMILES string of the molecule is CCC(CC)CN(CC)c1nccc(C)c1CN. The summed E-state index contributed by atoms with van der Waals surface area (Å²) in [6, 6.07) is 2.04. The number of nitrogens with zero attached hydrogens (tertiary/aromatic N) is 2. The third-order valence-corrected chi connectivity index (χ3v) is 3.79. The van der Waals surface area contributed by atoms with Crippen LogP contribution in [-0.2, 0) is 6.54 Å². The topological polar surface area (TPSA) is 42.2 Å². The standard InChI is InChI=1S/C15H27N3/c1-5-13(6-2)11-18(7-3)15-14(10-16)12(4)8-9-17-15/h8-9,13H,5-7,10-11,16H2,1-4H3. The molecule has 2 N–H and O–H groups in total. The Bertz CT molecular complexity index is 359. The number of hydrogen-bond donors (Lipinski definition) is 1. The van der Waals surface area contributed by atoms with Crippen molar-refractivity contribution < 1.29 is 0 Å². The lowest BCUT2D eigenvalue weighted by Gasteiger charge is -2.28. The van der Waals surface area contributed by atoms with Crippen LogP contribution in [0.4, 0.5) is 5.82 Å². The van der Waals surface area contributed by atoms with Gasteiger partial charge in [0.25, 0.3) is 0 Å². The lowest BCUT2D eigenvalue weighted by molar-refractivity contribution is 0.484. The van der Waals surface area contributed by atoms with Gasteiger partial charge in [-0.25, -0.2) is 4.98 Å². The fraction of sp³-hybridized carbons (Fsp3) is 0.667. The molecule has 0 unspecified atom stereocenters. The summed E-state index contributed by atoms with van der Waals surface area (Å²) < 4.78 is 0. The fourth-order valence-corrected chi connectivity index (χ4v) is 2.32. The molecule has 0 saturated carbocycles. The van der Waals surface area contributed by atoms with Crippen molar-refractivity contribution in [1.82, 2.24) is 4.98 Å². The van der Waals surface area contributed by atoms with E-state index < -0.39 is 0 Å². The molecule has 102 valence electrons. The van der Waals surface area contributed by atoms with Gasteiger partial charge in [-0.15, -0.1) is 0 Å². The van der Waals surface area contributed by atoms with Crippen LogP contribution in [0.15, 0.2) is 12.3 Å². The Hall–Kier alpha value is -1.09. The summed E-state index contributed by atoms with van der Waals surface area (Å²) in [6.07, 6.45) is 4.33. The Kier molecular flexibility index (Phi) is 6.13. The quantitative estimate of drug-likeness (QED) is 0.807. The highest BCUT2D eigenvalue weighted by atomic mass is 15.2. The smallest absolute Gasteiger partial charge is 0.133 e. The molecule has 0 fully saturated rings. The van der Waals surface area contributed by atoms with Crippen molar-refractivity contribution in [3.63, 3.8) is 0 Å². The predicted molar refractivity (Wildman–Crippen MR) is 78.8 cm³/mol. The number of aryl methyl sites for hydroxylation is 1. The van der Waals surface area contributed by atoms with Crippen LogP contribution in [0.2, 0.25) is 0 Å². The molecule has 0 aliphatic heterocycles. The lowest BCUT2D eigenvalue weighted by atomic mass is 10.0. The highest BCUT2D eigenvalue weighted by Crippen LogP contribution is 2.22. The number of anilines is 1. The van der Waals surface area contributed by atoms with Crippen LogP contribution in [0.5, 0.6) is 0 Å². The highest BCUT2D eigenvalue weighted by Gasteiger charge is 2.15. The van der Waals surface area contributed by atoms with Crippen molar-refractivity contribution >= 4 is 5.82 Å². The second kappa shape index (κ2) is 7.37. The van der Waals surface area contributed by atoms with Crippen LogP contribution >= 0.6 is 0 Å². The number of rotatable bonds is 7. The molecule has 1 aromatic rings. The normalized spacial score (nSPS) is 11.0. The minimum Gasteiger partial charge on any atom is -0.356 e. The molecule has 0 amide bonds. The summed E-state index contributed by atoms with van der Waals surface area (Å²) in [7, 11) is 0. The van der Waals surface area contributed by atoms with Crippen molar-refractivity contribution in [3.8, 4) is 0 Å². The lowest BCUT2D eigenvalue weighted by Crippen LogP contribution is -2.31. The van der Waals surface area contributed by atoms with E-state index in [1.54, 1.807) is 0 Å². The van der Waals surface area contributed by atoms with Gasteiger partial charge in [-0.2, -0.15) is 0 Å². The zero-order valence-electron chi connectivity index (χ0n) is 12.2. The van der Waals surface area contributed by atoms with Crippen LogP contribution in [0.3, 0.4) is 0 Å². The molecule has 18 heavy (non-hydrogen) atoms. The van der Waals surface area contributed by atoms with Gasteiger partial charge < -0.3 is 10.6 Å². The first kappa shape index (κ1) is 15.0. The minimum atomic E-state index is 0.564. The molecule has 0 atom stereocenters. The van der Waals surface area contributed by atoms with E-state index in [1.165, 1.54) is 24.0 Å². The minimum absolute atomic E-state index is 0.564. The van der Waals surface area contributed by atoms with E-state index in [0.717, 1.165) is 24.8 Å². The van der Waals surface area contributed by atoms with E-state index in [4.69, 9.17) is 5.73 Å². The number of nitrogens with two attached hydrogens (primary N) is 1.